The first-order chi connectivity index (χ1) is 14.9. The van der Waals surface area contributed by atoms with E-state index in [0.717, 1.165) is 10.0 Å². The highest BCUT2D eigenvalue weighted by molar-refractivity contribution is 9.10. The van der Waals surface area contributed by atoms with Crippen LogP contribution in [0.4, 0.5) is 11.4 Å². The van der Waals surface area contributed by atoms with Gasteiger partial charge in [-0.3, -0.25) is 19.6 Å². The number of nitrogens with zero attached hydrogens (tertiary/aromatic N) is 3. The Labute approximate surface area is 188 Å². The van der Waals surface area contributed by atoms with E-state index >= 15 is 0 Å². The average Bonchev–Trinajstić information content (AvgIpc) is 2.75. The molecular formula is C23H20BrN5O2. The molecule has 2 aromatic heterocycles. The second kappa shape index (κ2) is 9.96. The third-order valence-electron chi connectivity index (χ3n) is 4.65. The first-order valence-electron chi connectivity index (χ1n) is 9.54. The number of aromatic nitrogens is 2. The average molecular weight is 478 g/mol. The van der Waals surface area contributed by atoms with Crippen LogP contribution in [0.1, 0.15) is 51.2 Å². The molecule has 1 unspecified atom stereocenters. The van der Waals surface area contributed by atoms with Crippen molar-refractivity contribution in [3.05, 3.63) is 81.8 Å². The number of rotatable bonds is 6. The van der Waals surface area contributed by atoms with Crippen LogP contribution in [0.2, 0.25) is 0 Å². The first kappa shape index (κ1) is 22.1. The summed E-state index contributed by atoms with van der Waals surface area (Å²) < 4.78 is 0.754. The Morgan fingerprint density at radius 3 is 2.61 bits per heavy atom. The lowest BCUT2D eigenvalue weighted by molar-refractivity contribution is 0.101. The lowest BCUT2D eigenvalue weighted by atomic mass is 10.0. The van der Waals surface area contributed by atoms with Gasteiger partial charge in [0.1, 0.15) is 0 Å². The molecule has 0 saturated carbocycles. The number of hydrogen-bond acceptors (Lipinski definition) is 5. The number of nitrogens with one attached hydrogen (secondary N) is 2. The predicted molar refractivity (Wildman–Crippen MR) is 122 cm³/mol. The number of benzene rings is 1. The van der Waals surface area contributed by atoms with Crippen LogP contribution in [0.5, 0.6) is 0 Å². The summed E-state index contributed by atoms with van der Waals surface area (Å²) in [6.45, 7) is 3.71. The van der Waals surface area contributed by atoms with Crippen molar-refractivity contribution < 1.29 is 9.59 Å². The van der Waals surface area contributed by atoms with Gasteiger partial charge in [-0.05, 0) is 58.7 Å². The Morgan fingerprint density at radius 1 is 1.10 bits per heavy atom. The molecule has 0 aliphatic carbocycles. The fourth-order valence-corrected chi connectivity index (χ4v) is 3.29. The molecule has 2 N–H and O–H groups in total. The molecule has 156 valence electrons. The lowest BCUT2D eigenvalue weighted by Crippen LogP contribution is -2.16. The monoisotopic (exact) mass is 477 g/mol. The largest absolute Gasteiger partial charge is 0.322 e. The Bertz CT molecular complexity index is 1170. The minimum atomic E-state index is -0.320. The summed E-state index contributed by atoms with van der Waals surface area (Å²) in [6.07, 6.45) is 5.06. The normalized spacial score (nSPS) is 11.3. The van der Waals surface area contributed by atoms with Crippen LogP contribution in [-0.2, 0) is 0 Å². The third-order valence-corrected chi connectivity index (χ3v) is 5.08. The van der Waals surface area contributed by atoms with Gasteiger partial charge in [-0.25, -0.2) is 0 Å². The molecule has 3 rings (SSSR count). The summed E-state index contributed by atoms with van der Waals surface area (Å²) in [6, 6.07) is 12.3. The molecule has 3 aromatic rings. The van der Waals surface area contributed by atoms with Crippen LogP contribution in [0.25, 0.3) is 0 Å². The van der Waals surface area contributed by atoms with Crippen molar-refractivity contribution in [1.29, 1.82) is 5.26 Å². The van der Waals surface area contributed by atoms with Gasteiger partial charge in [-0.2, -0.15) is 5.26 Å². The second-order valence-corrected chi connectivity index (χ2v) is 7.98. The summed E-state index contributed by atoms with van der Waals surface area (Å²) in [5, 5.41) is 14.5. The third kappa shape index (κ3) is 5.74. The zero-order valence-corrected chi connectivity index (χ0v) is 18.6. The molecule has 0 saturated heterocycles. The highest BCUT2D eigenvalue weighted by Crippen LogP contribution is 2.21. The molecular weight excluding hydrogens is 458 g/mol. The number of anilines is 2. The number of aryl methyl sites for hydroxylation is 1. The smallest absolute Gasteiger partial charge is 0.256 e. The number of carbonyl (C=O) groups is 2. The molecule has 0 radical (unpaired) electrons. The Hall–Kier alpha value is -3.57. The summed E-state index contributed by atoms with van der Waals surface area (Å²) in [5.74, 6) is -0.691. The minimum absolute atomic E-state index is 0.0695. The van der Waals surface area contributed by atoms with Crippen LogP contribution in [0.15, 0.2) is 59.5 Å². The van der Waals surface area contributed by atoms with Crippen LogP contribution >= 0.6 is 15.9 Å². The Balaban J connectivity index is 1.77. The van der Waals surface area contributed by atoms with E-state index in [9.17, 15) is 9.59 Å². The van der Waals surface area contributed by atoms with Gasteiger partial charge in [0.15, 0.2) is 0 Å². The van der Waals surface area contributed by atoms with Crippen LogP contribution in [0, 0.1) is 18.3 Å². The van der Waals surface area contributed by atoms with E-state index < -0.39 is 0 Å². The van der Waals surface area contributed by atoms with Crippen molar-refractivity contribution >= 4 is 39.1 Å². The zero-order valence-electron chi connectivity index (χ0n) is 17.0. The molecule has 31 heavy (non-hydrogen) atoms. The maximum Gasteiger partial charge on any atom is 0.256 e. The van der Waals surface area contributed by atoms with Gasteiger partial charge in [0, 0.05) is 51.7 Å². The molecule has 2 heterocycles. The molecule has 1 atom stereocenters. The van der Waals surface area contributed by atoms with Crippen molar-refractivity contribution in [2.45, 2.75) is 26.2 Å². The van der Waals surface area contributed by atoms with E-state index in [1.54, 1.807) is 55.0 Å². The molecule has 2 amide bonds. The van der Waals surface area contributed by atoms with Gasteiger partial charge >= 0.3 is 0 Å². The lowest BCUT2D eigenvalue weighted by Gasteiger charge is -2.12. The Kier molecular flexibility index (Phi) is 7.11. The van der Waals surface area contributed by atoms with E-state index in [1.807, 2.05) is 13.8 Å². The van der Waals surface area contributed by atoms with Gasteiger partial charge < -0.3 is 10.6 Å². The number of pyridine rings is 2. The maximum atomic E-state index is 12.7. The maximum absolute atomic E-state index is 12.7. The van der Waals surface area contributed by atoms with Crippen LogP contribution in [0.3, 0.4) is 0 Å². The second-order valence-electron chi connectivity index (χ2n) is 7.06. The summed E-state index contributed by atoms with van der Waals surface area (Å²) in [5.41, 5.74) is 3.38. The molecule has 0 aliphatic heterocycles. The quantitative estimate of drug-likeness (QED) is 0.515. The van der Waals surface area contributed by atoms with Crippen molar-refractivity contribution in [1.82, 2.24) is 9.97 Å². The molecule has 0 spiro atoms. The highest BCUT2D eigenvalue weighted by atomic mass is 79.9. The number of amides is 2. The van der Waals surface area contributed by atoms with E-state index in [0.29, 0.717) is 34.6 Å². The van der Waals surface area contributed by atoms with Crippen molar-refractivity contribution in [3.63, 3.8) is 0 Å². The molecule has 0 aliphatic rings. The molecule has 0 fully saturated rings. The van der Waals surface area contributed by atoms with Crippen LogP contribution in [-0.4, -0.2) is 21.8 Å². The van der Waals surface area contributed by atoms with Crippen molar-refractivity contribution in [3.8, 4) is 6.07 Å². The summed E-state index contributed by atoms with van der Waals surface area (Å²) in [7, 11) is 0. The number of hydrogen-bond donors (Lipinski definition) is 2. The molecule has 7 nitrogen and oxygen atoms in total. The van der Waals surface area contributed by atoms with Crippen molar-refractivity contribution in [2.24, 2.45) is 0 Å². The number of halogens is 1. The SMILES string of the molecule is Cc1ccc(NC(=O)c2ccnc(C(C)CC#N)c2)cc1C(=O)Nc1cncc(Br)c1. The molecule has 1 aromatic carbocycles. The topological polar surface area (TPSA) is 108 Å². The van der Waals surface area contributed by atoms with Gasteiger partial charge in [0.25, 0.3) is 11.8 Å². The van der Waals surface area contributed by atoms with E-state index in [1.165, 1.54) is 0 Å². The fourth-order valence-electron chi connectivity index (χ4n) is 2.93. The molecule has 0 bridgehead atoms. The predicted octanol–water partition coefficient (Wildman–Crippen LogP) is 5.07. The van der Waals surface area contributed by atoms with Gasteiger partial charge in [-0.1, -0.05) is 13.0 Å². The van der Waals surface area contributed by atoms with Gasteiger partial charge in [-0.15, -0.1) is 0 Å². The Morgan fingerprint density at radius 2 is 1.87 bits per heavy atom. The molecule has 8 heteroatoms. The zero-order chi connectivity index (χ0) is 22.4. The van der Waals surface area contributed by atoms with Crippen molar-refractivity contribution in [2.75, 3.05) is 10.6 Å². The summed E-state index contributed by atoms with van der Waals surface area (Å²) in [4.78, 5) is 33.7. The highest BCUT2D eigenvalue weighted by Gasteiger charge is 2.14. The fraction of sp³-hybridized carbons (Fsp3) is 0.174. The standard InChI is InChI=1S/C23H20BrN5O2/c1-14-3-4-18(11-20(14)23(31)29-19-10-17(24)12-26-13-19)28-22(30)16-6-8-27-21(9-16)15(2)5-7-25/h3-4,6,8-13,15H,5H2,1-2H3,(H,28,30)(H,29,31). The van der Waals surface area contributed by atoms with E-state index in [2.05, 4.69) is 42.6 Å². The first-order valence-corrected chi connectivity index (χ1v) is 10.3. The van der Waals surface area contributed by atoms with E-state index in [-0.39, 0.29) is 17.7 Å². The van der Waals surface area contributed by atoms with E-state index in [4.69, 9.17) is 5.26 Å². The van der Waals surface area contributed by atoms with Gasteiger partial charge in [0.2, 0.25) is 0 Å². The van der Waals surface area contributed by atoms with Crippen LogP contribution < -0.4 is 10.6 Å². The number of carbonyl (C=O) groups excluding carboxylic acids is 2. The van der Waals surface area contributed by atoms with Gasteiger partial charge in [0.05, 0.1) is 18.0 Å². The number of nitriles is 1. The minimum Gasteiger partial charge on any atom is -0.322 e. The summed E-state index contributed by atoms with van der Waals surface area (Å²) >= 11 is 3.32.